The lowest BCUT2D eigenvalue weighted by molar-refractivity contribution is -0.124. The Balaban J connectivity index is 1.94. The summed E-state index contributed by atoms with van der Waals surface area (Å²) in [6, 6.07) is 16.4. The number of hydrogen-bond acceptors (Lipinski definition) is 3. The molecule has 0 aliphatic heterocycles. The van der Waals surface area contributed by atoms with Gasteiger partial charge < -0.3 is 4.57 Å². The summed E-state index contributed by atoms with van der Waals surface area (Å²) in [5.74, 6) is 0.518. The minimum Gasteiger partial charge on any atom is -0.327 e. The third kappa shape index (κ3) is 5.08. The van der Waals surface area contributed by atoms with E-state index in [1.807, 2.05) is 18.2 Å². The fourth-order valence-corrected chi connectivity index (χ4v) is 3.25. The molecule has 2 aromatic carbocycles. The Morgan fingerprint density at radius 3 is 2.57 bits per heavy atom. The van der Waals surface area contributed by atoms with Crippen LogP contribution in [0.2, 0.25) is 0 Å². The Morgan fingerprint density at radius 1 is 1.14 bits per heavy atom. The van der Waals surface area contributed by atoms with Crippen molar-refractivity contribution in [3.8, 4) is 0 Å². The number of imidazole rings is 1. The zero-order valence-corrected chi connectivity index (χ0v) is 16.6. The van der Waals surface area contributed by atoms with Gasteiger partial charge in [0.1, 0.15) is 5.82 Å². The Hall–Kier alpha value is -2.92. The van der Waals surface area contributed by atoms with Crippen LogP contribution in [-0.4, -0.2) is 20.7 Å². The molecular weight excluding hydrogens is 350 g/mol. The van der Waals surface area contributed by atoms with Gasteiger partial charge in [0.05, 0.1) is 11.0 Å². The number of aromatic nitrogens is 2. The van der Waals surface area contributed by atoms with Crippen LogP contribution in [0.3, 0.4) is 0 Å². The van der Waals surface area contributed by atoms with Crippen LogP contribution in [0.25, 0.3) is 17.1 Å². The minimum atomic E-state index is -0.554. The molecule has 28 heavy (non-hydrogen) atoms. The highest BCUT2D eigenvalue weighted by atomic mass is 16.5. The molecule has 146 valence electrons. The van der Waals surface area contributed by atoms with Crippen molar-refractivity contribution in [2.75, 3.05) is 0 Å². The van der Waals surface area contributed by atoms with E-state index in [9.17, 15) is 4.79 Å². The summed E-state index contributed by atoms with van der Waals surface area (Å²) in [5.41, 5.74) is 5.91. The average Bonchev–Trinajstić information content (AvgIpc) is 3.00. The fraction of sp³-hybridized carbons (Fsp3) is 0.304. The lowest BCUT2D eigenvalue weighted by atomic mass is 9.96. The second-order valence-corrected chi connectivity index (χ2v) is 8.22. The van der Waals surface area contributed by atoms with Crippen LogP contribution in [0.5, 0.6) is 0 Å². The quantitative estimate of drug-likeness (QED) is 0.380. The molecule has 0 saturated heterocycles. The zero-order valence-electron chi connectivity index (χ0n) is 16.6. The first-order chi connectivity index (χ1) is 13.4. The molecule has 1 amide bonds. The van der Waals surface area contributed by atoms with E-state index in [1.54, 1.807) is 11.6 Å². The number of nitrogens with zero attached hydrogens (tertiary/aromatic N) is 2. The molecular formula is C23H27N3O2. The molecule has 2 N–H and O–H groups in total. The van der Waals surface area contributed by atoms with Crippen molar-refractivity contribution in [2.24, 2.45) is 5.41 Å². The van der Waals surface area contributed by atoms with Crippen LogP contribution in [0.4, 0.5) is 0 Å². The molecule has 1 heterocycles. The van der Waals surface area contributed by atoms with Gasteiger partial charge in [0, 0.05) is 19.0 Å². The second-order valence-electron chi connectivity index (χ2n) is 8.22. The summed E-state index contributed by atoms with van der Waals surface area (Å²) in [6.07, 6.45) is 4.77. The summed E-state index contributed by atoms with van der Waals surface area (Å²) >= 11 is 0. The van der Waals surface area contributed by atoms with Crippen molar-refractivity contribution in [3.05, 3.63) is 71.6 Å². The standard InChI is InChI=1S/C23H27N3O2/c1-23(2,3)16-26-20-12-9-18(11-14-22(27)25-28)15-19(20)24-21(26)13-10-17-7-5-4-6-8-17/h4-9,11-12,14-15,28H,10,13,16H2,1-3H3,(H,25,27)/b14-11+. The molecule has 0 bridgehead atoms. The number of benzene rings is 2. The van der Waals surface area contributed by atoms with Crippen molar-refractivity contribution in [1.29, 1.82) is 0 Å². The first-order valence-corrected chi connectivity index (χ1v) is 9.51. The molecule has 0 unspecified atom stereocenters. The van der Waals surface area contributed by atoms with Crippen molar-refractivity contribution >= 4 is 23.0 Å². The van der Waals surface area contributed by atoms with Crippen LogP contribution in [0.1, 0.15) is 37.7 Å². The molecule has 3 aromatic rings. The maximum absolute atomic E-state index is 11.2. The van der Waals surface area contributed by atoms with Crippen LogP contribution in [0.15, 0.2) is 54.6 Å². The number of fused-ring (bicyclic) bond motifs is 1. The summed E-state index contributed by atoms with van der Waals surface area (Å²) in [6.45, 7) is 7.56. The molecule has 3 rings (SSSR count). The average molecular weight is 377 g/mol. The van der Waals surface area contributed by atoms with Crippen molar-refractivity contribution in [2.45, 2.75) is 40.2 Å². The zero-order chi connectivity index (χ0) is 20.1. The van der Waals surface area contributed by atoms with E-state index >= 15 is 0 Å². The molecule has 0 atom stereocenters. The first kappa shape index (κ1) is 19.8. The molecule has 5 nitrogen and oxygen atoms in total. The third-order valence-electron chi connectivity index (χ3n) is 4.50. The van der Waals surface area contributed by atoms with E-state index in [1.165, 1.54) is 11.6 Å². The molecule has 0 spiro atoms. The van der Waals surface area contributed by atoms with Crippen LogP contribution >= 0.6 is 0 Å². The number of rotatable bonds is 6. The number of hydrogen-bond donors (Lipinski definition) is 2. The Morgan fingerprint density at radius 2 is 1.89 bits per heavy atom. The maximum atomic E-state index is 11.2. The van der Waals surface area contributed by atoms with Crippen LogP contribution in [0, 0.1) is 5.41 Å². The molecule has 1 aromatic heterocycles. The number of aryl methyl sites for hydroxylation is 2. The molecule has 0 aliphatic rings. The van der Waals surface area contributed by atoms with Gasteiger partial charge in [-0.05, 0) is 41.2 Å². The Labute approximate surface area is 165 Å². The van der Waals surface area contributed by atoms with Crippen molar-refractivity contribution in [3.63, 3.8) is 0 Å². The third-order valence-corrected chi connectivity index (χ3v) is 4.50. The van der Waals surface area contributed by atoms with Gasteiger partial charge in [0.15, 0.2) is 0 Å². The smallest absolute Gasteiger partial charge is 0.267 e. The summed E-state index contributed by atoms with van der Waals surface area (Å²) < 4.78 is 2.31. The molecule has 0 saturated carbocycles. The van der Waals surface area contributed by atoms with E-state index in [2.05, 4.69) is 55.7 Å². The second kappa shape index (κ2) is 8.40. The number of amides is 1. The van der Waals surface area contributed by atoms with Gasteiger partial charge >= 0.3 is 0 Å². The van der Waals surface area contributed by atoms with Gasteiger partial charge in [0.2, 0.25) is 0 Å². The van der Waals surface area contributed by atoms with Gasteiger partial charge in [-0.2, -0.15) is 0 Å². The SMILES string of the molecule is CC(C)(C)Cn1c(CCc2ccccc2)nc2cc(/C=C/C(=O)NO)ccc21. The summed E-state index contributed by atoms with van der Waals surface area (Å²) in [4.78, 5) is 16.1. The molecule has 5 heteroatoms. The summed E-state index contributed by atoms with van der Waals surface area (Å²) in [5, 5.41) is 8.62. The summed E-state index contributed by atoms with van der Waals surface area (Å²) in [7, 11) is 0. The van der Waals surface area contributed by atoms with Gasteiger partial charge in [-0.25, -0.2) is 10.5 Å². The number of hydroxylamine groups is 1. The fourth-order valence-electron chi connectivity index (χ4n) is 3.25. The lowest BCUT2D eigenvalue weighted by Gasteiger charge is -2.21. The van der Waals surface area contributed by atoms with E-state index in [0.717, 1.165) is 41.8 Å². The van der Waals surface area contributed by atoms with Gasteiger partial charge in [-0.1, -0.05) is 57.2 Å². The van der Waals surface area contributed by atoms with Crippen LogP contribution in [-0.2, 0) is 24.2 Å². The maximum Gasteiger partial charge on any atom is 0.267 e. The van der Waals surface area contributed by atoms with E-state index in [0.29, 0.717) is 0 Å². The number of nitrogens with one attached hydrogen (secondary N) is 1. The molecule has 0 aliphatic carbocycles. The van der Waals surface area contributed by atoms with Gasteiger partial charge in [0.25, 0.3) is 5.91 Å². The van der Waals surface area contributed by atoms with Crippen LogP contribution < -0.4 is 5.48 Å². The van der Waals surface area contributed by atoms with E-state index < -0.39 is 5.91 Å². The molecule has 0 radical (unpaired) electrons. The largest absolute Gasteiger partial charge is 0.327 e. The minimum absolute atomic E-state index is 0.132. The highest BCUT2D eigenvalue weighted by Crippen LogP contribution is 2.25. The highest BCUT2D eigenvalue weighted by Gasteiger charge is 2.17. The topological polar surface area (TPSA) is 67.2 Å². The van der Waals surface area contributed by atoms with Crippen molar-refractivity contribution < 1.29 is 10.0 Å². The predicted molar refractivity (Wildman–Crippen MR) is 112 cm³/mol. The monoisotopic (exact) mass is 377 g/mol. The van der Waals surface area contributed by atoms with E-state index in [-0.39, 0.29) is 5.41 Å². The predicted octanol–water partition coefficient (Wildman–Crippen LogP) is 4.39. The lowest BCUT2D eigenvalue weighted by Crippen LogP contribution is -2.17. The first-order valence-electron chi connectivity index (χ1n) is 9.51. The Bertz CT molecular complexity index is 982. The number of carbonyl (C=O) groups is 1. The van der Waals surface area contributed by atoms with Crippen molar-refractivity contribution in [1.82, 2.24) is 15.0 Å². The van der Waals surface area contributed by atoms with Gasteiger partial charge in [-0.3, -0.25) is 10.0 Å². The normalized spacial score (nSPS) is 12.0. The molecule has 0 fully saturated rings. The van der Waals surface area contributed by atoms with E-state index in [4.69, 9.17) is 10.2 Å². The Kier molecular flexibility index (Phi) is 5.95. The number of carbonyl (C=O) groups excluding carboxylic acids is 1. The highest BCUT2D eigenvalue weighted by molar-refractivity contribution is 5.91. The van der Waals surface area contributed by atoms with Gasteiger partial charge in [-0.15, -0.1) is 0 Å².